The molecule has 1 heterocycles. The highest BCUT2D eigenvalue weighted by Gasteiger charge is 2.02. The summed E-state index contributed by atoms with van der Waals surface area (Å²) in [5.41, 5.74) is 0. The Morgan fingerprint density at radius 1 is 1.57 bits per heavy atom. The summed E-state index contributed by atoms with van der Waals surface area (Å²) in [6.45, 7) is 6.88. The van der Waals surface area contributed by atoms with Crippen LogP contribution in [0.2, 0.25) is 0 Å². The molecule has 0 saturated carbocycles. The van der Waals surface area contributed by atoms with Crippen LogP contribution >= 0.6 is 0 Å². The number of aromatic nitrogens is 2. The highest BCUT2D eigenvalue weighted by atomic mass is 16.5. The lowest BCUT2D eigenvalue weighted by atomic mass is 10.2. The molecule has 0 aliphatic rings. The molecule has 0 amide bonds. The molecule has 0 atom stereocenters. The highest BCUT2D eigenvalue weighted by molar-refractivity contribution is 5.25. The molecule has 1 aromatic rings. The minimum atomic E-state index is 0.632. The fourth-order valence-electron chi connectivity index (χ4n) is 1.28. The van der Waals surface area contributed by atoms with Gasteiger partial charge in [0.25, 0.3) is 0 Å². The van der Waals surface area contributed by atoms with Crippen LogP contribution in [0, 0.1) is 5.92 Å². The molecule has 14 heavy (non-hydrogen) atoms. The molecule has 0 aliphatic carbocycles. The SMILES string of the molecule is COCCNc1nccn1CC(C)C. The van der Waals surface area contributed by atoms with Gasteiger partial charge in [-0.1, -0.05) is 13.8 Å². The first-order chi connectivity index (χ1) is 6.74. The summed E-state index contributed by atoms with van der Waals surface area (Å²) < 4.78 is 7.09. The zero-order valence-electron chi connectivity index (χ0n) is 9.16. The van der Waals surface area contributed by atoms with Crippen molar-refractivity contribution in [1.82, 2.24) is 9.55 Å². The van der Waals surface area contributed by atoms with E-state index < -0.39 is 0 Å². The molecule has 4 nitrogen and oxygen atoms in total. The van der Waals surface area contributed by atoms with E-state index in [0.29, 0.717) is 12.5 Å². The molecular weight excluding hydrogens is 178 g/mol. The van der Waals surface area contributed by atoms with Crippen molar-refractivity contribution in [3.05, 3.63) is 12.4 Å². The van der Waals surface area contributed by atoms with Gasteiger partial charge >= 0.3 is 0 Å². The lowest BCUT2D eigenvalue weighted by Crippen LogP contribution is -2.13. The van der Waals surface area contributed by atoms with Gasteiger partial charge in [-0.05, 0) is 5.92 Å². The Bertz CT molecular complexity index is 258. The first kappa shape index (κ1) is 11.0. The second-order valence-electron chi connectivity index (χ2n) is 3.72. The van der Waals surface area contributed by atoms with Gasteiger partial charge in [-0.15, -0.1) is 0 Å². The first-order valence-corrected chi connectivity index (χ1v) is 4.98. The fraction of sp³-hybridized carbons (Fsp3) is 0.700. The largest absolute Gasteiger partial charge is 0.383 e. The van der Waals surface area contributed by atoms with Crippen LogP contribution in [0.25, 0.3) is 0 Å². The smallest absolute Gasteiger partial charge is 0.202 e. The third-order valence-corrected chi connectivity index (χ3v) is 1.87. The van der Waals surface area contributed by atoms with Gasteiger partial charge in [-0.3, -0.25) is 0 Å². The van der Waals surface area contributed by atoms with Crippen LogP contribution in [0.4, 0.5) is 5.95 Å². The van der Waals surface area contributed by atoms with E-state index in [1.807, 2.05) is 12.4 Å². The number of rotatable bonds is 6. The normalized spacial score (nSPS) is 10.9. The molecule has 0 saturated heterocycles. The number of methoxy groups -OCH3 is 1. The Morgan fingerprint density at radius 2 is 2.36 bits per heavy atom. The minimum absolute atomic E-state index is 0.632. The second-order valence-corrected chi connectivity index (χ2v) is 3.72. The number of hydrogen-bond donors (Lipinski definition) is 1. The standard InChI is InChI=1S/C10H19N3O/c1-9(2)8-13-6-4-11-10(13)12-5-7-14-3/h4,6,9H,5,7-8H2,1-3H3,(H,11,12). The van der Waals surface area contributed by atoms with Crippen LogP contribution in [0.3, 0.4) is 0 Å². The van der Waals surface area contributed by atoms with Crippen LogP contribution < -0.4 is 5.32 Å². The van der Waals surface area contributed by atoms with Gasteiger partial charge in [0.2, 0.25) is 5.95 Å². The third-order valence-electron chi connectivity index (χ3n) is 1.87. The molecule has 4 heteroatoms. The van der Waals surface area contributed by atoms with Gasteiger partial charge in [-0.2, -0.15) is 0 Å². The lowest BCUT2D eigenvalue weighted by Gasteiger charge is -2.11. The molecule has 1 aromatic heterocycles. The van der Waals surface area contributed by atoms with Crippen molar-refractivity contribution in [1.29, 1.82) is 0 Å². The van der Waals surface area contributed by atoms with Crippen LogP contribution in [-0.2, 0) is 11.3 Å². The van der Waals surface area contributed by atoms with Crippen LogP contribution in [-0.4, -0.2) is 29.8 Å². The van der Waals surface area contributed by atoms with Crippen molar-refractivity contribution in [3.8, 4) is 0 Å². The van der Waals surface area contributed by atoms with E-state index in [9.17, 15) is 0 Å². The summed E-state index contributed by atoms with van der Waals surface area (Å²) in [7, 11) is 1.70. The van der Waals surface area contributed by atoms with Crippen molar-refractivity contribution >= 4 is 5.95 Å². The van der Waals surface area contributed by atoms with E-state index in [0.717, 1.165) is 19.0 Å². The van der Waals surface area contributed by atoms with Crippen molar-refractivity contribution in [2.24, 2.45) is 5.92 Å². The Labute approximate surface area is 85.3 Å². The lowest BCUT2D eigenvalue weighted by molar-refractivity contribution is 0.210. The van der Waals surface area contributed by atoms with E-state index in [1.54, 1.807) is 7.11 Å². The minimum Gasteiger partial charge on any atom is -0.383 e. The fourth-order valence-corrected chi connectivity index (χ4v) is 1.28. The quantitative estimate of drug-likeness (QED) is 0.704. The van der Waals surface area contributed by atoms with Gasteiger partial charge in [-0.25, -0.2) is 4.98 Å². The van der Waals surface area contributed by atoms with E-state index >= 15 is 0 Å². The summed E-state index contributed by atoms with van der Waals surface area (Å²) in [5.74, 6) is 1.56. The molecule has 0 unspecified atom stereocenters. The topological polar surface area (TPSA) is 39.1 Å². The molecule has 80 valence electrons. The molecule has 0 aromatic carbocycles. The Hall–Kier alpha value is -1.03. The molecular formula is C10H19N3O. The van der Waals surface area contributed by atoms with Gasteiger partial charge in [0, 0.05) is 32.6 Å². The third kappa shape index (κ3) is 3.38. The summed E-state index contributed by atoms with van der Waals surface area (Å²) >= 11 is 0. The number of nitrogens with one attached hydrogen (secondary N) is 1. The molecule has 0 bridgehead atoms. The molecule has 1 rings (SSSR count). The monoisotopic (exact) mass is 197 g/mol. The average molecular weight is 197 g/mol. The van der Waals surface area contributed by atoms with Crippen LogP contribution in [0.5, 0.6) is 0 Å². The summed E-state index contributed by atoms with van der Waals surface area (Å²) in [5, 5.41) is 3.23. The molecule has 0 radical (unpaired) electrons. The number of imidazole rings is 1. The van der Waals surface area contributed by atoms with E-state index in [1.165, 1.54) is 0 Å². The van der Waals surface area contributed by atoms with Gasteiger partial charge < -0.3 is 14.6 Å². The molecule has 0 spiro atoms. The molecule has 1 N–H and O–H groups in total. The maximum absolute atomic E-state index is 4.96. The summed E-state index contributed by atoms with van der Waals surface area (Å²) in [4.78, 5) is 4.24. The van der Waals surface area contributed by atoms with Crippen LogP contribution in [0.15, 0.2) is 12.4 Å². The number of hydrogen-bond acceptors (Lipinski definition) is 3. The van der Waals surface area contributed by atoms with Gasteiger partial charge in [0.1, 0.15) is 0 Å². The second kappa shape index (κ2) is 5.65. The molecule has 0 fully saturated rings. The maximum atomic E-state index is 4.96. The highest BCUT2D eigenvalue weighted by Crippen LogP contribution is 2.07. The Morgan fingerprint density at radius 3 is 3.00 bits per heavy atom. The van der Waals surface area contributed by atoms with Gasteiger partial charge in [0.15, 0.2) is 0 Å². The van der Waals surface area contributed by atoms with E-state index in [2.05, 4.69) is 28.7 Å². The van der Waals surface area contributed by atoms with Gasteiger partial charge in [0.05, 0.1) is 6.61 Å². The maximum Gasteiger partial charge on any atom is 0.202 e. The zero-order chi connectivity index (χ0) is 10.4. The summed E-state index contributed by atoms with van der Waals surface area (Å²) in [6, 6.07) is 0. The van der Waals surface area contributed by atoms with Crippen molar-refractivity contribution < 1.29 is 4.74 Å². The van der Waals surface area contributed by atoms with Crippen LogP contribution in [0.1, 0.15) is 13.8 Å². The predicted octanol–water partition coefficient (Wildman–Crippen LogP) is 1.60. The number of ether oxygens (including phenoxy) is 1. The van der Waals surface area contributed by atoms with Crippen molar-refractivity contribution in [3.63, 3.8) is 0 Å². The van der Waals surface area contributed by atoms with E-state index in [-0.39, 0.29) is 0 Å². The van der Waals surface area contributed by atoms with E-state index in [4.69, 9.17) is 4.74 Å². The Kier molecular flexibility index (Phi) is 4.46. The van der Waals surface area contributed by atoms with Crippen molar-refractivity contribution in [2.75, 3.05) is 25.6 Å². The number of anilines is 1. The summed E-state index contributed by atoms with van der Waals surface area (Å²) in [6.07, 6.45) is 3.81. The average Bonchev–Trinajstić information content (AvgIpc) is 2.52. The molecule has 0 aliphatic heterocycles. The number of nitrogens with zero attached hydrogens (tertiary/aromatic N) is 2. The first-order valence-electron chi connectivity index (χ1n) is 4.98. The zero-order valence-corrected chi connectivity index (χ0v) is 9.16. The Balaban J connectivity index is 2.45. The predicted molar refractivity (Wildman–Crippen MR) is 57.4 cm³/mol. The van der Waals surface area contributed by atoms with Crippen molar-refractivity contribution in [2.45, 2.75) is 20.4 Å².